The van der Waals surface area contributed by atoms with E-state index in [1.807, 2.05) is 0 Å². The predicted molar refractivity (Wildman–Crippen MR) is 87.8 cm³/mol. The minimum atomic E-state index is -2.01. The molecule has 4 N–H and O–H groups in total. The second-order valence-corrected chi connectivity index (χ2v) is 5.35. The highest BCUT2D eigenvalue weighted by atomic mass is 16.4. The summed E-state index contributed by atoms with van der Waals surface area (Å²) in [4.78, 5) is 59.3. The average molecular weight is 372 g/mol. The minimum Gasteiger partial charge on any atom is -0.478 e. The second kappa shape index (κ2) is 5.95. The average Bonchev–Trinajstić information content (AvgIpc) is 2.59. The summed E-state index contributed by atoms with van der Waals surface area (Å²) in [5, 5.41) is 36.7. The Hall–Kier alpha value is -4.21. The minimum absolute atomic E-state index is 0.117. The van der Waals surface area contributed by atoms with Gasteiger partial charge >= 0.3 is 23.9 Å². The van der Waals surface area contributed by atoms with E-state index < -0.39 is 62.5 Å². The molecule has 0 unspecified atom stereocenters. The smallest absolute Gasteiger partial charge is 0.340 e. The molecule has 0 spiro atoms. The molecular formula is C17H8O10. The Morgan fingerprint density at radius 2 is 1.19 bits per heavy atom. The monoisotopic (exact) mass is 372 g/mol. The first kappa shape index (κ1) is 17.6. The third-order valence-corrected chi connectivity index (χ3v) is 3.88. The SMILES string of the molecule is O=C(O)c1c(C(=O)O)c(C(=O)O)c2c(=O)c3ccccc3oc2c1C(=O)O. The van der Waals surface area contributed by atoms with Crippen molar-refractivity contribution >= 4 is 45.8 Å². The maximum atomic E-state index is 12.8. The number of para-hydroxylation sites is 1. The number of fused-ring (bicyclic) bond motifs is 2. The number of hydrogen-bond acceptors (Lipinski definition) is 6. The predicted octanol–water partition coefficient (Wildman–Crippen LogP) is 1.74. The van der Waals surface area contributed by atoms with Gasteiger partial charge < -0.3 is 24.8 Å². The number of rotatable bonds is 4. The molecule has 1 aromatic heterocycles. The molecule has 0 aliphatic rings. The van der Waals surface area contributed by atoms with Crippen LogP contribution in [0.15, 0.2) is 33.5 Å². The molecule has 1 heterocycles. The van der Waals surface area contributed by atoms with E-state index in [1.54, 1.807) is 0 Å². The van der Waals surface area contributed by atoms with Crippen LogP contribution < -0.4 is 5.43 Å². The van der Waals surface area contributed by atoms with Gasteiger partial charge in [-0.2, -0.15) is 0 Å². The largest absolute Gasteiger partial charge is 0.478 e. The van der Waals surface area contributed by atoms with E-state index in [0.717, 1.165) is 0 Å². The van der Waals surface area contributed by atoms with Crippen molar-refractivity contribution in [2.24, 2.45) is 0 Å². The summed E-state index contributed by atoms with van der Waals surface area (Å²) in [7, 11) is 0. The molecular weight excluding hydrogens is 364 g/mol. The summed E-state index contributed by atoms with van der Waals surface area (Å²) in [6.45, 7) is 0. The summed E-state index contributed by atoms with van der Waals surface area (Å²) in [5.41, 5.74) is -6.83. The Bertz CT molecular complexity index is 1250. The Morgan fingerprint density at radius 1 is 0.704 bits per heavy atom. The zero-order valence-corrected chi connectivity index (χ0v) is 13.0. The van der Waals surface area contributed by atoms with Gasteiger partial charge in [0.1, 0.15) is 11.1 Å². The van der Waals surface area contributed by atoms with E-state index in [4.69, 9.17) is 4.42 Å². The summed E-state index contributed by atoms with van der Waals surface area (Å²) in [6, 6.07) is 5.47. The van der Waals surface area contributed by atoms with Gasteiger partial charge in [-0.15, -0.1) is 0 Å². The van der Waals surface area contributed by atoms with E-state index in [0.29, 0.717) is 0 Å². The molecule has 0 saturated carbocycles. The van der Waals surface area contributed by atoms with Crippen LogP contribution >= 0.6 is 0 Å². The van der Waals surface area contributed by atoms with Crippen molar-refractivity contribution in [2.45, 2.75) is 0 Å². The molecule has 0 aliphatic carbocycles. The first-order chi connectivity index (χ1) is 12.7. The van der Waals surface area contributed by atoms with Crippen LogP contribution in [0, 0.1) is 0 Å². The maximum absolute atomic E-state index is 12.8. The molecule has 0 amide bonds. The quantitative estimate of drug-likeness (QED) is 0.493. The molecule has 27 heavy (non-hydrogen) atoms. The fraction of sp³-hybridized carbons (Fsp3) is 0. The Kier molecular flexibility index (Phi) is 3.88. The Balaban J connectivity index is 2.84. The van der Waals surface area contributed by atoms with Crippen LogP contribution in [-0.4, -0.2) is 44.3 Å². The topological polar surface area (TPSA) is 179 Å². The molecule has 136 valence electrons. The number of carbonyl (C=O) groups is 4. The van der Waals surface area contributed by atoms with Crippen LogP contribution in [0.2, 0.25) is 0 Å². The number of carboxylic acids is 4. The van der Waals surface area contributed by atoms with Crippen molar-refractivity contribution in [3.05, 3.63) is 56.7 Å². The standard InChI is InChI=1S/C17H8O10/c18-12-5-3-1-2-4-6(5)27-13-10(12)8(15(21)22)7(14(19)20)9(16(23)24)11(13)17(25)26/h1-4H,(H,19,20)(H,21,22)(H,23,24)(H,25,26). The molecule has 2 aromatic carbocycles. The van der Waals surface area contributed by atoms with Crippen molar-refractivity contribution in [2.75, 3.05) is 0 Å². The van der Waals surface area contributed by atoms with Crippen molar-refractivity contribution < 1.29 is 44.0 Å². The van der Waals surface area contributed by atoms with Crippen molar-refractivity contribution in [3.63, 3.8) is 0 Å². The Morgan fingerprint density at radius 3 is 1.70 bits per heavy atom. The molecule has 0 atom stereocenters. The van der Waals surface area contributed by atoms with Gasteiger partial charge in [-0.3, -0.25) is 4.79 Å². The van der Waals surface area contributed by atoms with Crippen LogP contribution in [0.5, 0.6) is 0 Å². The van der Waals surface area contributed by atoms with Crippen molar-refractivity contribution in [1.29, 1.82) is 0 Å². The lowest BCUT2D eigenvalue weighted by molar-refractivity contribution is 0.0621. The Labute approximate surface area is 147 Å². The van der Waals surface area contributed by atoms with Gasteiger partial charge in [0.25, 0.3) is 0 Å². The van der Waals surface area contributed by atoms with Crippen LogP contribution in [0.4, 0.5) is 0 Å². The summed E-state index contributed by atoms with van der Waals surface area (Å²) >= 11 is 0. The molecule has 0 aliphatic heterocycles. The fourth-order valence-corrected chi connectivity index (χ4v) is 2.88. The molecule has 0 radical (unpaired) electrons. The van der Waals surface area contributed by atoms with E-state index in [-0.39, 0.29) is 11.0 Å². The molecule has 0 saturated heterocycles. The number of benzene rings is 2. The van der Waals surface area contributed by atoms with Crippen LogP contribution in [0.3, 0.4) is 0 Å². The van der Waals surface area contributed by atoms with Gasteiger partial charge in [0.05, 0.1) is 27.5 Å². The normalized spacial score (nSPS) is 10.8. The van der Waals surface area contributed by atoms with E-state index >= 15 is 0 Å². The van der Waals surface area contributed by atoms with Gasteiger partial charge in [-0.05, 0) is 12.1 Å². The first-order valence-electron chi connectivity index (χ1n) is 7.15. The maximum Gasteiger partial charge on any atom is 0.340 e. The third kappa shape index (κ3) is 2.47. The number of carboxylic acid groups (broad SMARTS) is 4. The molecule has 10 nitrogen and oxygen atoms in total. The fourth-order valence-electron chi connectivity index (χ4n) is 2.88. The van der Waals surface area contributed by atoms with Gasteiger partial charge in [-0.1, -0.05) is 12.1 Å². The zero-order valence-electron chi connectivity index (χ0n) is 13.0. The van der Waals surface area contributed by atoms with Gasteiger partial charge in [0.15, 0.2) is 5.58 Å². The van der Waals surface area contributed by atoms with Gasteiger partial charge in [-0.25, -0.2) is 19.2 Å². The summed E-state index contributed by atoms with van der Waals surface area (Å²) < 4.78 is 5.34. The third-order valence-electron chi connectivity index (χ3n) is 3.88. The lowest BCUT2D eigenvalue weighted by atomic mass is 9.91. The lowest BCUT2D eigenvalue weighted by Gasteiger charge is -2.13. The van der Waals surface area contributed by atoms with E-state index in [9.17, 15) is 44.4 Å². The van der Waals surface area contributed by atoms with Gasteiger partial charge in [0.2, 0.25) is 5.43 Å². The van der Waals surface area contributed by atoms with E-state index in [2.05, 4.69) is 0 Å². The van der Waals surface area contributed by atoms with E-state index in [1.165, 1.54) is 24.3 Å². The molecule has 3 rings (SSSR count). The first-order valence-corrected chi connectivity index (χ1v) is 7.15. The van der Waals surface area contributed by atoms with Crippen LogP contribution in [0.25, 0.3) is 21.9 Å². The molecule has 3 aromatic rings. The number of hydrogen-bond donors (Lipinski definition) is 4. The highest BCUT2D eigenvalue weighted by Gasteiger charge is 2.36. The van der Waals surface area contributed by atoms with Crippen molar-refractivity contribution in [1.82, 2.24) is 0 Å². The molecule has 0 fully saturated rings. The number of aromatic carboxylic acids is 4. The molecule has 0 bridgehead atoms. The lowest BCUT2D eigenvalue weighted by Crippen LogP contribution is -2.23. The second-order valence-electron chi connectivity index (χ2n) is 5.35. The highest BCUT2D eigenvalue weighted by molar-refractivity contribution is 6.22. The highest BCUT2D eigenvalue weighted by Crippen LogP contribution is 2.32. The van der Waals surface area contributed by atoms with Crippen molar-refractivity contribution in [3.8, 4) is 0 Å². The van der Waals surface area contributed by atoms with Crippen LogP contribution in [0.1, 0.15) is 41.4 Å². The van der Waals surface area contributed by atoms with Crippen LogP contribution in [-0.2, 0) is 0 Å². The molecule has 10 heteroatoms. The summed E-state index contributed by atoms with van der Waals surface area (Å²) in [5.74, 6) is -7.82. The van der Waals surface area contributed by atoms with Gasteiger partial charge in [0, 0.05) is 0 Å². The zero-order chi connectivity index (χ0) is 20.0. The summed E-state index contributed by atoms with van der Waals surface area (Å²) in [6.07, 6.45) is 0.